The smallest absolute Gasteiger partial charge is 0.189 e. The van der Waals surface area contributed by atoms with Crippen molar-refractivity contribution >= 4 is 6.29 Å². The first kappa shape index (κ1) is 21.2. The molecule has 0 bridgehead atoms. The van der Waals surface area contributed by atoms with Crippen LogP contribution in [0.3, 0.4) is 0 Å². The van der Waals surface area contributed by atoms with Gasteiger partial charge < -0.3 is 9.47 Å². The molecule has 0 spiro atoms. The molecule has 0 aromatic carbocycles. The third kappa shape index (κ3) is 15.6. The zero-order valence-corrected chi connectivity index (χ0v) is 14.8. The van der Waals surface area contributed by atoms with E-state index in [1.54, 1.807) is 0 Å². The number of ether oxygens (including phenoxy) is 2. The van der Waals surface area contributed by atoms with Crippen molar-refractivity contribution in [1.29, 1.82) is 0 Å². The molecule has 0 rings (SSSR count). The van der Waals surface area contributed by atoms with Crippen molar-refractivity contribution in [2.75, 3.05) is 13.4 Å². The maximum atomic E-state index is 10.8. The van der Waals surface area contributed by atoms with Gasteiger partial charge in [0.1, 0.15) is 0 Å². The molecule has 3 nitrogen and oxygen atoms in total. The minimum absolute atomic E-state index is 0.189. The maximum absolute atomic E-state index is 10.8. The molecule has 130 valence electrons. The predicted octanol–water partition coefficient (Wildman–Crippen LogP) is 5.78. The van der Waals surface area contributed by atoms with Crippen molar-refractivity contribution in [3.05, 3.63) is 11.8 Å². The molecule has 0 N–H and O–H groups in total. The van der Waals surface area contributed by atoms with Gasteiger partial charge in [-0.2, -0.15) is 0 Å². The third-order valence-corrected chi connectivity index (χ3v) is 3.72. The van der Waals surface area contributed by atoms with Crippen LogP contribution in [0.2, 0.25) is 0 Å². The third-order valence-electron chi connectivity index (χ3n) is 3.72. The van der Waals surface area contributed by atoms with E-state index in [1.165, 1.54) is 57.8 Å². The van der Waals surface area contributed by atoms with Crippen LogP contribution < -0.4 is 0 Å². The van der Waals surface area contributed by atoms with Crippen LogP contribution in [0, 0.1) is 0 Å². The summed E-state index contributed by atoms with van der Waals surface area (Å²) in [6.07, 6.45) is 17.4. The van der Waals surface area contributed by atoms with Crippen LogP contribution in [0.1, 0.15) is 90.9 Å². The fourth-order valence-electron chi connectivity index (χ4n) is 2.29. The van der Waals surface area contributed by atoms with Gasteiger partial charge in [0.05, 0.1) is 6.61 Å². The quantitative estimate of drug-likeness (QED) is 0.112. The fraction of sp³-hybridized carbons (Fsp3) is 0.842. The van der Waals surface area contributed by atoms with E-state index in [-0.39, 0.29) is 6.79 Å². The second kappa shape index (κ2) is 18.2. The van der Waals surface area contributed by atoms with Crippen LogP contribution in [-0.2, 0) is 14.3 Å². The van der Waals surface area contributed by atoms with E-state index in [4.69, 9.17) is 9.47 Å². The van der Waals surface area contributed by atoms with Crippen molar-refractivity contribution in [3.63, 3.8) is 0 Å². The molecule has 0 aliphatic heterocycles. The average molecular weight is 312 g/mol. The van der Waals surface area contributed by atoms with E-state index in [1.807, 2.05) is 6.08 Å². The number of hydrogen-bond acceptors (Lipinski definition) is 3. The zero-order valence-electron chi connectivity index (χ0n) is 14.8. The SMILES string of the molecule is CCCCC/C=C(\C=O)OCOCCCCCCCCCC. The summed E-state index contributed by atoms with van der Waals surface area (Å²) in [6.45, 7) is 5.32. The normalized spacial score (nSPS) is 11.6. The van der Waals surface area contributed by atoms with Gasteiger partial charge in [0, 0.05) is 0 Å². The van der Waals surface area contributed by atoms with Crippen molar-refractivity contribution in [3.8, 4) is 0 Å². The number of rotatable bonds is 17. The minimum Gasteiger partial charge on any atom is -0.464 e. The van der Waals surface area contributed by atoms with E-state index in [0.29, 0.717) is 5.76 Å². The number of carbonyl (C=O) groups is 1. The molecule has 0 unspecified atom stereocenters. The van der Waals surface area contributed by atoms with Gasteiger partial charge in [0.25, 0.3) is 0 Å². The summed E-state index contributed by atoms with van der Waals surface area (Å²) in [6, 6.07) is 0. The number of allylic oxidation sites excluding steroid dienone is 2. The molecule has 0 radical (unpaired) electrons. The Labute approximate surface area is 137 Å². The molecular formula is C19H36O3. The molecule has 0 aromatic rings. The van der Waals surface area contributed by atoms with Crippen LogP contribution in [0.25, 0.3) is 0 Å². The highest BCUT2D eigenvalue weighted by Gasteiger charge is 1.97. The van der Waals surface area contributed by atoms with Gasteiger partial charge >= 0.3 is 0 Å². The van der Waals surface area contributed by atoms with E-state index in [2.05, 4.69) is 13.8 Å². The molecule has 0 saturated heterocycles. The number of aldehydes is 1. The largest absolute Gasteiger partial charge is 0.464 e. The van der Waals surface area contributed by atoms with E-state index >= 15 is 0 Å². The van der Waals surface area contributed by atoms with Crippen molar-refractivity contribution < 1.29 is 14.3 Å². The first-order valence-electron chi connectivity index (χ1n) is 9.21. The maximum Gasteiger partial charge on any atom is 0.189 e. The average Bonchev–Trinajstić information content (AvgIpc) is 2.54. The summed E-state index contributed by atoms with van der Waals surface area (Å²) in [4.78, 5) is 10.8. The Morgan fingerprint density at radius 3 is 2.05 bits per heavy atom. The lowest BCUT2D eigenvalue weighted by Crippen LogP contribution is -2.02. The molecule has 0 saturated carbocycles. The molecule has 0 aliphatic carbocycles. The van der Waals surface area contributed by atoms with E-state index in [9.17, 15) is 4.79 Å². The van der Waals surface area contributed by atoms with Crippen LogP contribution in [0.4, 0.5) is 0 Å². The second-order valence-corrected chi connectivity index (χ2v) is 5.87. The summed E-state index contributed by atoms with van der Waals surface area (Å²) in [5.41, 5.74) is 0. The van der Waals surface area contributed by atoms with E-state index in [0.717, 1.165) is 32.2 Å². The van der Waals surface area contributed by atoms with Gasteiger partial charge in [-0.05, 0) is 25.3 Å². The molecule has 22 heavy (non-hydrogen) atoms. The van der Waals surface area contributed by atoms with Gasteiger partial charge in [-0.25, -0.2) is 0 Å². The van der Waals surface area contributed by atoms with Crippen LogP contribution >= 0.6 is 0 Å². The summed E-state index contributed by atoms with van der Waals surface area (Å²) in [5, 5.41) is 0. The Kier molecular flexibility index (Phi) is 17.5. The summed E-state index contributed by atoms with van der Waals surface area (Å²) in [7, 11) is 0. The lowest BCUT2D eigenvalue weighted by atomic mass is 10.1. The summed E-state index contributed by atoms with van der Waals surface area (Å²) >= 11 is 0. The van der Waals surface area contributed by atoms with Gasteiger partial charge in [-0.15, -0.1) is 0 Å². The number of unbranched alkanes of at least 4 members (excludes halogenated alkanes) is 10. The van der Waals surface area contributed by atoms with Gasteiger partial charge in [0.2, 0.25) is 0 Å². The fourth-order valence-corrected chi connectivity index (χ4v) is 2.29. The van der Waals surface area contributed by atoms with Crippen LogP contribution in [0.5, 0.6) is 0 Å². The first-order chi connectivity index (χ1) is 10.8. The lowest BCUT2D eigenvalue weighted by molar-refractivity contribution is -0.111. The first-order valence-corrected chi connectivity index (χ1v) is 9.21. The number of hydrogen-bond donors (Lipinski definition) is 0. The number of carbonyl (C=O) groups excluding carboxylic acids is 1. The van der Waals surface area contributed by atoms with Crippen LogP contribution in [-0.4, -0.2) is 19.7 Å². The molecular weight excluding hydrogens is 276 g/mol. The van der Waals surface area contributed by atoms with Gasteiger partial charge in [-0.1, -0.05) is 71.6 Å². The van der Waals surface area contributed by atoms with Crippen molar-refractivity contribution in [1.82, 2.24) is 0 Å². The Morgan fingerprint density at radius 2 is 1.41 bits per heavy atom. The molecule has 0 aromatic heterocycles. The van der Waals surface area contributed by atoms with Gasteiger partial charge in [0.15, 0.2) is 18.8 Å². The minimum atomic E-state index is 0.189. The summed E-state index contributed by atoms with van der Waals surface area (Å²) < 4.78 is 10.7. The zero-order chi connectivity index (χ0) is 16.3. The van der Waals surface area contributed by atoms with Gasteiger partial charge in [-0.3, -0.25) is 4.79 Å². The monoisotopic (exact) mass is 312 g/mol. The Bertz CT molecular complexity index is 261. The highest BCUT2D eigenvalue weighted by atomic mass is 16.7. The molecule has 0 amide bonds. The molecule has 0 atom stereocenters. The second-order valence-electron chi connectivity index (χ2n) is 5.87. The lowest BCUT2D eigenvalue weighted by Gasteiger charge is -2.07. The van der Waals surface area contributed by atoms with Crippen LogP contribution in [0.15, 0.2) is 11.8 Å². The molecule has 0 heterocycles. The topological polar surface area (TPSA) is 35.5 Å². The highest BCUT2D eigenvalue weighted by molar-refractivity contribution is 5.69. The highest BCUT2D eigenvalue weighted by Crippen LogP contribution is 2.08. The predicted molar refractivity (Wildman–Crippen MR) is 92.8 cm³/mol. The van der Waals surface area contributed by atoms with Crippen molar-refractivity contribution in [2.24, 2.45) is 0 Å². The summed E-state index contributed by atoms with van der Waals surface area (Å²) in [5.74, 6) is 0.409. The van der Waals surface area contributed by atoms with E-state index < -0.39 is 0 Å². The van der Waals surface area contributed by atoms with Crippen molar-refractivity contribution in [2.45, 2.75) is 90.9 Å². The molecule has 0 aliphatic rings. The Hall–Kier alpha value is -0.830. The molecule has 0 fully saturated rings. The Morgan fingerprint density at radius 1 is 0.818 bits per heavy atom. The molecule has 3 heteroatoms. The standard InChI is InChI=1S/C19H36O3/c1-3-5-7-9-10-11-12-14-16-21-18-22-19(17-20)15-13-8-6-4-2/h15,17H,3-14,16,18H2,1-2H3/b19-15+. The Balaban J connectivity index is 3.34.